The van der Waals surface area contributed by atoms with Crippen molar-refractivity contribution in [2.24, 2.45) is 0 Å². The Hall–Kier alpha value is -1.11. The Balaban J connectivity index is 2.00. The number of nitrogens with one attached hydrogen (secondary N) is 1. The molecule has 5 nitrogen and oxygen atoms in total. The molecule has 2 rings (SSSR count). The average Bonchev–Trinajstić information content (AvgIpc) is 2.86. The molecule has 0 radical (unpaired) electrons. The van der Waals surface area contributed by atoms with Gasteiger partial charge in [0.1, 0.15) is 6.04 Å². The lowest BCUT2D eigenvalue weighted by atomic mass is 10.2. The molecular weight excluding hydrogens is 300 g/mol. The highest BCUT2D eigenvalue weighted by Gasteiger charge is 2.36. The number of halogens is 1. The first kappa shape index (κ1) is 15.3. The topological polar surface area (TPSA) is 66.5 Å². The SMILES string of the molecule is CS(=O)(=O)N1CCC[C@H]1C(=O)NCc1ccccc1Cl. The van der Waals surface area contributed by atoms with Gasteiger partial charge < -0.3 is 5.32 Å². The smallest absolute Gasteiger partial charge is 0.238 e. The number of amides is 1. The molecular formula is C13H17ClN2O3S. The van der Waals surface area contributed by atoms with Gasteiger partial charge in [0.05, 0.1) is 6.26 Å². The Morgan fingerprint density at radius 3 is 2.80 bits per heavy atom. The van der Waals surface area contributed by atoms with Crippen molar-refractivity contribution in [3.05, 3.63) is 34.9 Å². The number of rotatable bonds is 4. The highest BCUT2D eigenvalue weighted by molar-refractivity contribution is 7.88. The third-order valence-corrected chi connectivity index (χ3v) is 5.00. The van der Waals surface area contributed by atoms with Crippen LogP contribution in [0.5, 0.6) is 0 Å². The third-order valence-electron chi connectivity index (χ3n) is 3.34. The van der Waals surface area contributed by atoms with Gasteiger partial charge >= 0.3 is 0 Å². The second-order valence-electron chi connectivity index (χ2n) is 4.84. The van der Waals surface area contributed by atoms with Crippen molar-refractivity contribution < 1.29 is 13.2 Å². The summed E-state index contributed by atoms with van der Waals surface area (Å²) in [7, 11) is -3.34. The van der Waals surface area contributed by atoms with E-state index in [-0.39, 0.29) is 5.91 Å². The first-order valence-corrected chi connectivity index (χ1v) is 8.60. The Morgan fingerprint density at radius 2 is 2.15 bits per heavy atom. The van der Waals surface area contributed by atoms with Crippen LogP contribution >= 0.6 is 11.6 Å². The van der Waals surface area contributed by atoms with Crippen LogP contribution in [-0.4, -0.2) is 37.5 Å². The second kappa shape index (κ2) is 6.11. The molecule has 20 heavy (non-hydrogen) atoms. The molecule has 0 aromatic heterocycles. The van der Waals surface area contributed by atoms with Crippen LogP contribution in [0.1, 0.15) is 18.4 Å². The molecule has 0 spiro atoms. The van der Waals surface area contributed by atoms with E-state index >= 15 is 0 Å². The molecule has 0 aliphatic carbocycles. The van der Waals surface area contributed by atoms with E-state index in [1.165, 1.54) is 4.31 Å². The number of hydrogen-bond acceptors (Lipinski definition) is 3. The molecule has 7 heteroatoms. The molecule has 110 valence electrons. The molecule has 1 aliphatic rings. The van der Waals surface area contributed by atoms with Gasteiger partial charge in [0.15, 0.2) is 0 Å². The first-order valence-electron chi connectivity index (χ1n) is 6.37. The van der Waals surface area contributed by atoms with Crippen LogP contribution < -0.4 is 5.32 Å². The Kier molecular flexibility index (Phi) is 4.67. The fourth-order valence-electron chi connectivity index (χ4n) is 2.34. The summed E-state index contributed by atoms with van der Waals surface area (Å²) in [5.74, 6) is -0.271. The van der Waals surface area contributed by atoms with E-state index in [4.69, 9.17) is 11.6 Å². The monoisotopic (exact) mass is 316 g/mol. The molecule has 1 aliphatic heterocycles. The van der Waals surface area contributed by atoms with E-state index in [0.717, 1.165) is 11.8 Å². The molecule has 1 N–H and O–H groups in total. The van der Waals surface area contributed by atoms with Gasteiger partial charge in [0.2, 0.25) is 15.9 Å². The van der Waals surface area contributed by atoms with Crippen molar-refractivity contribution in [2.45, 2.75) is 25.4 Å². The van der Waals surface area contributed by atoms with Gasteiger partial charge in [-0.05, 0) is 24.5 Å². The summed E-state index contributed by atoms with van der Waals surface area (Å²) >= 11 is 6.01. The van der Waals surface area contributed by atoms with Gasteiger partial charge in [0, 0.05) is 18.1 Å². The van der Waals surface area contributed by atoms with Crippen molar-refractivity contribution in [1.29, 1.82) is 0 Å². The largest absolute Gasteiger partial charge is 0.351 e. The quantitative estimate of drug-likeness (QED) is 0.912. The number of carbonyl (C=O) groups is 1. The van der Waals surface area contributed by atoms with E-state index in [9.17, 15) is 13.2 Å². The minimum Gasteiger partial charge on any atom is -0.351 e. The highest BCUT2D eigenvalue weighted by atomic mass is 35.5. The maximum absolute atomic E-state index is 12.1. The number of carbonyl (C=O) groups excluding carboxylic acids is 1. The Bertz CT molecular complexity index is 603. The van der Waals surface area contributed by atoms with Crippen molar-refractivity contribution in [2.75, 3.05) is 12.8 Å². The van der Waals surface area contributed by atoms with Gasteiger partial charge in [-0.15, -0.1) is 0 Å². The number of sulfonamides is 1. The predicted octanol–water partition coefficient (Wildman–Crippen LogP) is 1.38. The van der Waals surface area contributed by atoms with Crippen LogP contribution in [0.4, 0.5) is 0 Å². The lowest BCUT2D eigenvalue weighted by Gasteiger charge is -2.21. The summed E-state index contributed by atoms with van der Waals surface area (Å²) in [5.41, 5.74) is 0.811. The number of nitrogens with zero attached hydrogens (tertiary/aromatic N) is 1. The number of hydrogen-bond donors (Lipinski definition) is 1. The van der Waals surface area contributed by atoms with Crippen molar-refractivity contribution in [1.82, 2.24) is 9.62 Å². The fourth-order valence-corrected chi connectivity index (χ4v) is 3.67. The zero-order valence-electron chi connectivity index (χ0n) is 11.2. The zero-order valence-corrected chi connectivity index (χ0v) is 12.7. The predicted molar refractivity (Wildman–Crippen MR) is 77.9 cm³/mol. The van der Waals surface area contributed by atoms with E-state index in [1.807, 2.05) is 18.2 Å². The minimum absolute atomic E-state index is 0.271. The summed E-state index contributed by atoms with van der Waals surface area (Å²) in [6, 6.07) is 6.63. The van der Waals surface area contributed by atoms with E-state index < -0.39 is 16.1 Å². The molecule has 1 atom stereocenters. The molecule has 1 fully saturated rings. The molecule has 1 aromatic carbocycles. The maximum Gasteiger partial charge on any atom is 0.238 e. The Morgan fingerprint density at radius 1 is 1.45 bits per heavy atom. The summed E-state index contributed by atoms with van der Waals surface area (Å²) in [4.78, 5) is 12.1. The second-order valence-corrected chi connectivity index (χ2v) is 7.18. The first-order chi connectivity index (χ1) is 9.39. The van der Waals surface area contributed by atoms with E-state index in [2.05, 4.69) is 5.32 Å². The highest BCUT2D eigenvalue weighted by Crippen LogP contribution is 2.21. The van der Waals surface area contributed by atoms with Gasteiger partial charge in [0.25, 0.3) is 0 Å². The fraction of sp³-hybridized carbons (Fsp3) is 0.462. The molecule has 1 aromatic rings. The third kappa shape index (κ3) is 3.50. The van der Waals surface area contributed by atoms with Crippen LogP contribution in [0.15, 0.2) is 24.3 Å². The van der Waals surface area contributed by atoms with Crippen molar-refractivity contribution >= 4 is 27.5 Å². The lowest BCUT2D eigenvalue weighted by molar-refractivity contribution is -0.124. The molecule has 1 heterocycles. The summed E-state index contributed by atoms with van der Waals surface area (Å²) in [6.45, 7) is 0.704. The lowest BCUT2D eigenvalue weighted by Crippen LogP contribution is -2.45. The molecule has 0 unspecified atom stereocenters. The standard InChI is InChI=1S/C13H17ClN2O3S/c1-20(18,19)16-8-4-7-12(16)13(17)15-9-10-5-2-3-6-11(10)14/h2-3,5-6,12H,4,7-9H2,1H3,(H,15,17)/t12-/m0/s1. The van der Waals surface area contributed by atoms with E-state index in [0.29, 0.717) is 31.0 Å². The van der Waals surface area contributed by atoms with Crippen LogP contribution in [-0.2, 0) is 21.4 Å². The van der Waals surface area contributed by atoms with Gasteiger partial charge in [-0.25, -0.2) is 8.42 Å². The van der Waals surface area contributed by atoms with Crippen molar-refractivity contribution in [3.63, 3.8) is 0 Å². The zero-order chi connectivity index (χ0) is 14.8. The molecule has 0 saturated carbocycles. The van der Waals surface area contributed by atoms with E-state index in [1.54, 1.807) is 6.07 Å². The Labute approximate surface area is 124 Å². The summed E-state index contributed by atoms with van der Waals surface area (Å²) < 4.78 is 24.5. The van der Waals surface area contributed by atoms with Gasteiger partial charge in [-0.1, -0.05) is 29.8 Å². The van der Waals surface area contributed by atoms with Crippen LogP contribution in [0.25, 0.3) is 0 Å². The molecule has 0 bridgehead atoms. The van der Waals surface area contributed by atoms with Crippen LogP contribution in [0.2, 0.25) is 5.02 Å². The van der Waals surface area contributed by atoms with Crippen LogP contribution in [0.3, 0.4) is 0 Å². The minimum atomic E-state index is -3.34. The number of benzene rings is 1. The molecule has 1 saturated heterocycles. The van der Waals surface area contributed by atoms with Gasteiger partial charge in [-0.3, -0.25) is 4.79 Å². The summed E-state index contributed by atoms with van der Waals surface area (Å²) in [5, 5.41) is 3.34. The van der Waals surface area contributed by atoms with Crippen LogP contribution in [0, 0.1) is 0 Å². The van der Waals surface area contributed by atoms with Gasteiger partial charge in [-0.2, -0.15) is 4.31 Å². The summed E-state index contributed by atoms with van der Waals surface area (Å²) in [6.07, 6.45) is 2.39. The molecule has 1 amide bonds. The average molecular weight is 317 g/mol. The normalized spacial score (nSPS) is 20.0. The maximum atomic E-state index is 12.1. The van der Waals surface area contributed by atoms with Crippen molar-refractivity contribution in [3.8, 4) is 0 Å².